The Morgan fingerprint density at radius 1 is 1.88 bits per heavy atom. The Balaban J connectivity index is 2.50. The van der Waals surface area contributed by atoms with Crippen LogP contribution in [0.1, 0.15) is 5.69 Å². The number of hydrogen-bond donors (Lipinski definition) is 1. The SMILES string of the molecule is CSCc1cn[nH]n1. The van der Waals surface area contributed by atoms with Crippen molar-refractivity contribution in [3.63, 3.8) is 0 Å². The summed E-state index contributed by atoms with van der Waals surface area (Å²) in [5.74, 6) is 0.941. The van der Waals surface area contributed by atoms with E-state index in [9.17, 15) is 0 Å². The number of H-pyrrole nitrogens is 1. The van der Waals surface area contributed by atoms with Crippen LogP contribution in [-0.4, -0.2) is 21.7 Å². The van der Waals surface area contributed by atoms with Crippen LogP contribution in [0.5, 0.6) is 0 Å². The summed E-state index contributed by atoms with van der Waals surface area (Å²) in [6.07, 6.45) is 3.77. The Bertz CT molecular complexity index is 137. The molecule has 0 fully saturated rings. The smallest absolute Gasteiger partial charge is 0.0923 e. The van der Waals surface area contributed by atoms with Gasteiger partial charge in [-0.15, -0.1) is 0 Å². The van der Waals surface area contributed by atoms with E-state index in [-0.39, 0.29) is 0 Å². The van der Waals surface area contributed by atoms with E-state index < -0.39 is 0 Å². The van der Waals surface area contributed by atoms with Gasteiger partial charge in [0.25, 0.3) is 0 Å². The van der Waals surface area contributed by atoms with Gasteiger partial charge in [0.15, 0.2) is 0 Å². The topological polar surface area (TPSA) is 41.6 Å². The molecule has 1 aromatic rings. The first-order valence-electron chi connectivity index (χ1n) is 2.27. The number of aromatic nitrogens is 3. The first-order chi connectivity index (χ1) is 3.93. The van der Waals surface area contributed by atoms with Crippen LogP contribution in [-0.2, 0) is 5.75 Å². The van der Waals surface area contributed by atoms with E-state index in [4.69, 9.17) is 0 Å². The van der Waals surface area contributed by atoms with Crippen LogP contribution in [0.3, 0.4) is 0 Å². The van der Waals surface area contributed by atoms with Gasteiger partial charge >= 0.3 is 0 Å². The van der Waals surface area contributed by atoms with Gasteiger partial charge in [0.2, 0.25) is 0 Å². The highest BCUT2D eigenvalue weighted by Crippen LogP contribution is 2.01. The van der Waals surface area contributed by atoms with Gasteiger partial charge in [0, 0.05) is 5.75 Å². The summed E-state index contributed by atoms with van der Waals surface area (Å²) in [7, 11) is 0. The van der Waals surface area contributed by atoms with E-state index in [0.29, 0.717) is 0 Å². The number of nitrogens with one attached hydrogen (secondary N) is 1. The van der Waals surface area contributed by atoms with Crippen molar-refractivity contribution in [2.24, 2.45) is 0 Å². The fraction of sp³-hybridized carbons (Fsp3) is 0.500. The highest BCUT2D eigenvalue weighted by atomic mass is 32.2. The van der Waals surface area contributed by atoms with Crippen LogP contribution in [0.4, 0.5) is 0 Å². The predicted octanol–water partition coefficient (Wildman–Crippen LogP) is 0.668. The molecular formula is C4H7N3S. The Kier molecular flexibility index (Phi) is 1.91. The normalized spacial score (nSPS) is 9.62. The zero-order chi connectivity index (χ0) is 5.82. The maximum atomic E-state index is 3.85. The molecule has 1 heterocycles. The molecule has 0 spiro atoms. The molecule has 0 bridgehead atoms. The first kappa shape index (κ1) is 5.62. The molecule has 1 aromatic heterocycles. The molecule has 44 valence electrons. The van der Waals surface area contributed by atoms with E-state index in [0.717, 1.165) is 11.4 Å². The highest BCUT2D eigenvalue weighted by molar-refractivity contribution is 7.97. The quantitative estimate of drug-likeness (QED) is 0.638. The minimum atomic E-state index is 0.941. The lowest BCUT2D eigenvalue weighted by Gasteiger charge is -1.83. The molecule has 0 amide bonds. The van der Waals surface area contributed by atoms with E-state index in [1.54, 1.807) is 18.0 Å². The average molecular weight is 129 g/mol. The molecule has 0 saturated carbocycles. The Labute approximate surface area is 51.9 Å². The maximum absolute atomic E-state index is 3.85. The van der Waals surface area contributed by atoms with Crippen LogP contribution in [0, 0.1) is 0 Å². The largest absolute Gasteiger partial charge is 0.198 e. The van der Waals surface area contributed by atoms with Crippen LogP contribution >= 0.6 is 11.8 Å². The monoisotopic (exact) mass is 129 g/mol. The van der Waals surface area contributed by atoms with Crippen molar-refractivity contribution in [3.8, 4) is 0 Å². The molecule has 8 heavy (non-hydrogen) atoms. The Hall–Kier alpha value is -0.510. The van der Waals surface area contributed by atoms with Crippen molar-refractivity contribution in [3.05, 3.63) is 11.9 Å². The van der Waals surface area contributed by atoms with Gasteiger partial charge < -0.3 is 0 Å². The minimum Gasteiger partial charge on any atom is -0.198 e. The molecule has 3 nitrogen and oxygen atoms in total. The summed E-state index contributed by atoms with van der Waals surface area (Å²) in [6.45, 7) is 0. The van der Waals surface area contributed by atoms with Crippen molar-refractivity contribution >= 4 is 11.8 Å². The third-order valence-corrected chi connectivity index (χ3v) is 1.34. The molecule has 1 N–H and O–H groups in total. The highest BCUT2D eigenvalue weighted by Gasteiger charge is 1.89. The first-order valence-corrected chi connectivity index (χ1v) is 3.66. The summed E-state index contributed by atoms with van der Waals surface area (Å²) < 4.78 is 0. The molecule has 0 unspecified atom stereocenters. The number of rotatable bonds is 2. The summed E-state index contributed by atoms with van der Waals surface area (Å²) >= 11 is 1.74. The minimum absolute atomic E-state index is 0.941. The molecule has 0 saturated heterocycles. The van der Waals surface area contributed by atoms with Gasteiger partial charge in [-0.05, 0) is 6.26 Å². The zero-order valence-electron chi connectivity index (χ0n) is 4.59. The molecule has 0 aliphatic heterocycles. The maximum Gasteiger partial charge on any atom is 0.0923 e. The van der Waals surface area contributed by atoms with Gasteiger partial charge in [0.1, 0.15) is 0 Å². The molecular weight excluding hydrogens is 122 g/mol. The van der Waals surface area contributed by atoms with E-state index >= 15 is 0 Å². The molecule has 1 rings (SSSR count). The summed E-state index contributed by atoms with van der Waals surface area (Å²) in [5, 5.41) is 10.0. The number of hydrogen-bond acceptors (Lipinski definition) is 3. The molecule has 4 heteroatoms. The average Bonchev–Trinajstić information content (AvgIpc) is 2.19. The molecule has 0 atom stereocenters. The van der Waals surface area contributed by atoms with Crippen LogP contribution in [0.15, 0.2) is 6.20 Å². The number of nitrogens with zero attached hydrogens (tertiary/aromatic N) is 2. The second kappa shape index (κ2) is 2.71. The molecule has 0 aliphatic rings. The fourth-order valence-corrected chi connectivity index (χ4v) is 0.878. The second-order valence-corrected chi connectivity index (χ2v) is 2.26. The zero-order valence-corrected chi connectivity index (χ0v) is 5.40. The van der Waals surface area contributed by atoms with Crippen molar-refractivity contribution in [1.82, 2.24) is 15.4 Å². The van der Waals surface area contributed by atoms with E-state index in [1.165, 1.54) is 0 Å². The number of aromatic amines is 1. The van der Waals surface area contributed by atoms with Gasteiger partial charge in [-0.1, -0.05) is 0 Å². The molecule has 0 aliphatic carbocycles. The van der Waals surface area contributed by atoms with Crippen molar-refractivity contribution < 1.29 is 0 Å². The van der Waals surface area contributed by atoms with E-state index in [2.05, 4.69) is 15.4 Å². The summed E-state index contributed by atoms with van der Waals surface area (Å²) in [5.41, 5.74) is 1.01. The van der Waals surface area contributed by atoms with Crippen molar-refractivity contribution in [2.45, 2.75) is 5.75 Å². The van der Waals surface area contributed by atoms with Gasteiger partial charge in [-0.2, -0.15) is 27.2 Å². The van der Waals surface area contributed by atoms with Gasteiger partial charge in [-0.3, -0.25) is 0 Å². The lowest BCUT2D eigenvalue weighted by atomic mass is 10.6. The predicted molar refractivity (Wildman–Crippen MR) is 33.6 cm³/mol. The van der Waals surface area contributed by atoms with Crippen molar-refractivity contribution in [2.75, 3.05) is 6.26 Å². The van der Waals surface area contributed by atoms with E-state index in [1.807, 2.05) is 6.26 Å². The number of thioether (sulfide) groups is 1. The standard InChI is InChI=1S/C4H7N3S/c1-8-3-4-2-5-7-6-4/h2H,3H2,1H3,(H,5,6,7). The van der Waals surface area contributed by atoms with Gasteiger partial charge in [-0.25, -0.2) is 0 Å². The fourth-order valence-electron chi connectivity index (χ4n) is 0.443. The van der Waals surface area contributed by atoms with Gasteiger partial charge in [0.05, 0.1) is 11.9 Å². The summed E-state index contributed by atoms with van der Waals surface area (Å²) in [6, 6.07) is 0. The third-order valence-electron chi connectivity index (χ3n) is 0.757. The van der Waals surface area contributed by atoms with Crippen molar-refractivity contribution in [1.29, 1.82) is 0 Å². The van der Waals surface area contributed by atoms with Crippen LogP contribution in [0.2, 0.25) is 0 Å². The second-order valence-electron chi connectivity index (χ2n) is 1.39. The summed E-state index contributed by atoms with van der Waals surface area (Å²) in [4.78, 5) is 0. The molecule has 0 radical (unpaired) electrons. The van der Waals surface area contributed by atoms with Crippen LogP contribution in [0.25, 0.3) is 0 Å². The third kappa shape index (κ3) is 1.23. The van der Waals surface area contributed by atoms with Crippen LogP contribution < -0.4 is 0 Å². The molecule has 0 aromatic carbocycles. The lowest BCUT2D eigenvalue weighted by molar-refractivity contribution is 0.926. The lowest BCUT2D eigenvalue weighted by Crippen LogP contribution is -1.76. The Morgan fingerprint density at radius 3 is 3.25 bits per heavy atom. The Morgan fingerprint density at radius 2 is 2.75 bits per heavy atom.